The van der Waals surface area contributed by atoms with Gasteiger partial charge in [-0.05, 0) is 43.5 Å². The largest absolute Gasteiger partial charge is 0.416 e. The van der Waals surface area contributed by atoms with Crippen LogP contribution in [-0.4, -0.2) is 42.7 Å². The molecule has 0 bridgehead atoms. The van der Waals surface area contributed by atoms with Gasteiger partial charge in [0, 0.05) is 49.4 Å². The van der Waals surface area contributed by atoms with Crippen molar-refractivity contribution in [3.63, 3.8) is 0 Å². The van der Waals surface area contributed by atoms with Crippen molar-refractivity contribution in [2.45, 2.75) is 56.4 Å². The van der Waals surface area contributed by atoms with E-state index < -0.39 is 11.7 Å². The molecule has 0 radical (unpaired) electrons. The van der Waals surface area contributed by atoms with E-state index in [9.17, 15) is 18.4 Å². The van der Waals surface area contributed by atoms with E-state index in [-0.39, 0.29) is 0 Å². The molecule has 2 aliphatic heterocycles. The van der Waals surface area contributed by atoms with Gasteiger partial charge in [-0.25, -0.2) is 4.98 Å². The summed E-state index contributed by atoms with van der Waals surface area (Å²) in [4.78, 5) is 9.94. The zero-order chi connectivity index (χ0) is 22.3. The van der Waals surface area contributed by atoms with Crippen LogP contribution < -0.4 is 15.1 Å². The van der Waals surface area contributed by atoms with E-state index >= 15 is 0 Å². The maximum absolute atomic E-state index is 13.0. The molecule has 32 heavy (non-hydrogen) atoms. The van der Waals surface area contributed by atoms with Gasteiger partial charge in [0.15, 0.2) is 5.13 Å². The number of alkyl halides is 3. The number of nitrogens with one attached hydrogen (secondary N) is 1. The molecule has 9 heteroatoms. The predicted molar refractivity (Wildman–Crippen MR) is 119 cm³/mol. The number of thiazole rings is 1. The summed E-state index contributed by atoms with van der Waals surface area (Å²) < 4.78 is 38.9. The minimum absolute atomic E-state index is 0.305. The SMILES string of the molecule is N#Cc1cnc(N2C3CCN(c4ccc(C(F)(F)F)cc4)CC3CNC3CCCCC32)s1. The van der Waals surface area contributed by atoms with Crippen LogP contribution in [0.3, 0.4) is 0 Å². The molecule has 170 valence electrons. The van der Waals surface area contributed by atoms with E-state index in [1.54, 1.807) is 18.3 Å². The number of benzene rings is 1. The van der Waals surface area contributed by atoms with Crippen LogP contribution in [0.15, 0.2) is 30.5 Å². The predicted octanol–water partition coefficient (Wildman–Crippen LogP) is 4.65. The van der Waals surface area contributed by atoms with Gasteiger partial charge in [-0.1, -0.05) is 24.2 Å². The number of piperidine rings is 1. The Kier molecular flexibility index (Phi) is 5.76. The zero-order valence-corrected chi connectivity index (χ0v) is 18.5. The first-order valence-corrected chi connectivity index (χ1v) is 12.1. The molecular weight excluding hydrogens is 435 g/mol. The van der Waals surface area contributed by atoms with Crippen LogP contribution in [-0.2, 0) is 6.18 Å². The molecule has 3 aliphatic rings. The van der Waals surface area contributed by atoms with E-state index in [2.05, 4.69) is 26.2 Å². The summed E-state index contributed by atoms with van der Waals surface area (Å²) in [5.41, 5.74) is 0.227. The molecule has 3 fully saturated rings. The lowest BCUT2D eigenvalue weighted by Gasteiger charge is -2.47. The second-order valence-electron chi connectivity index (χ2n) is 9.00. The zero-order valence-electron chi connectivity index (χ0n) is 17.7. The Balaban J connectivity index is 1.40. The number of anilines is 2. The summed E-state index contributed by atoms with van der Waals surface area (Å²) in [6.07, 6.45) is 2.94. The number of rotatable bonds is 2. The Morgan fingerprint density at radius 3 is 2.59 bits per heavy atom. The van der Waals surface area contributed by atoms with E-state index in [4.69, 9.17) is 0 Å². The molecule has 1 aromatic heterocycles. The summed E-state index contributed by atoms with van der Waals surface area (Å²) in [7, 11) is 0. The molecular formula is C23H26F3N5S. The Morgan fingerprint density at radius 1 is 1.09 bits per heavy atom. The molecule has 4 atom stereocenters. The summed E-state index contributed by atoms with van der Waals surface area (Å²) in [5, 5.41) is 14.0. The summed E-state index contributed by atoms with van der Waals surface area (Å²) in [6.45, 7) is 2.46. The van der Waals surface area contributed by atoms with Gasteiger partial charge >= 0.3 is 6.18 Å². The Morgan fingerprint density at radius 2 is 1.88 bits per heavy atom. The molecule has 1 saturated carbocycles. The first-order chi connectivity index (χ1) is 15.4. The van der Waals surface area contributed by atoms with Crippen LogP contribution in [0.2, 0.25) is 0 Å². The summed E-state index contributed by atoms with van der Waals surface area (Å²) >= 11 is 1.47. The Hall–Kier alpha value is -2.31. The number of hydrogen-bond acceptors (Lipinski definition) is 6. The number of nitrogens with zero attached hydrogens (tertiary/aromatic N) is 4. The van der Waals surface area contributed by atoms with Crippen molar-refractivity contribution in [3.05, 3.63) is 40.9 Å². The Labute approximate surface area is 189 Å². The van der Waals surface area contributed by atoms with Crippen molar-refractivity contribution >= 4 is 22.2 Å². The highest BCUT2D eigenvalue weighted by Gasteiger charge is 2.44. The van der Waals surface area contributed by atoms with Gasteiger partial charge in [0.1, 0.15) is 10.9 Å². The van der Waals surface area contributed by atoms with Gasteiger partial charge in [-0.2, -0.15) is 18.4 Å². The molecule has 4 unspecified atom stereocenters. The van der Waals surface area contributed by atoms with Crippen LogP contribution >= 0.6 is 11.3 Å². The smallest absolute Gasteiger partial charge is 0.371 e. The minimum atomic E-state index is -4.32. The van der Waals surface area contributed by atoms with Gasteiger partial charge in [0.05, 0.1) is 11.8 Å². The van der Waals surface area contributed by atoms with Crippen LogP contribution in [0.5, 0.6) is 0 Å². The normalized spacial score (nSPS) is 28.4. The van der Waals surface area contributed by atoms with Gasteiger partial charge < -0.3 is 15.1 Å². The number of halogens is 3. The number of fused-ring (bicyclic) bond motifs is 2. The molecule has 5 nitrogen and oxygen atoms in total. The fourth-order valence-corrected chi connectivity index (χ4v) is 6.46. The fraction of sp³-hybridized carbons (Fsp3) is 0.565. The molecule has 2 aromatic rings. The van der Waals surface area contributed by atoms with Crippen molar-refractivity contribution in [2.75, 3.05) is 29.4 Å². The number of hydrogen-bond donors (Lipinski definition) is 1. The lowest BCUT2D eigenvalue weighted by Crippen LogP contribution is -2.56. The average molecular weight is 462 g/mol. The van der Waals surface area contributed by atoms with E-state index in [0.717, 1.165) is 49.7 Å². The van der Waals surface area contributed by atoms with E-state index in [1.165, 1.54) is 36.3 Å². The summed E-state index contributed by atoms with van der Waals surface area (Å²) in [5.74, 6) is 0.325. The topological polar surface area (TPSA) is 55.2 Å². The lowest BCUT2D eigenvalue weighted by atomic mass is 9.87. The molecule has 0 spiro atoms. The second-order valence-corrected chi connectivity index (χ2v) is 10.0. The highest BCUT2D eigenvalue weighted by atomic mass is 32.1. The van der Waals surface area contributed by atoms with Crippen LogP contribution in [0.25, 0.3) is 0 Å². The molecule has 0 amide bonds. The van der Waals surface area contributed by atoms with Gasteiger partial charge in [0.2, 0.25) is 0 Å². The monoisotopic (exact) mass is 461 g/mol. The number of aromatic nitrogens is 1. The molecule has 1 aromatic carbocycles. The fourth-order valence-electron chi connectivity index (χ4n) is 5.63. The second kappa shape index (κ2) is 8.56. The quantitative estimate of drug-likeness (QED) is 0.706. The summed E-state index contributed by atoms with van der Waals surface area (Å²) in [6, 6.07) is 8.82. The lowest BCUT2D eigenvalue weighted by molar-refractivity contribution is -0.137. The van der Waals surface area contributed by atoms with Crippen LogP contribution in [0, 0.1) is 17.2 Å². The molecule has 1 N–H and O–H groups in total. The van der Waals surface area contributed by atoms with Crippen LogP contribution in [0.4, 0.5) is 24.0 Å². The van der Waals surface area contributed by atoms with Crippen molar-refractivity contribution in [1.82, 2.24) is 10.3 Å². The van der Waals surface area contributed by atoms with Gasteiger partial charge in [-0.15, -0.1) is 0 Å². The maximum atomic E-state index is 13.0. The first-order valence-electron chi connectivity index (χ1n) is 11.2. The third-order valence-corrected chi connectivity index (χ3v) is 8.08. The maximum Gasteiger partial charge on any atom is 0.416 e. The standard InChI is InChI=1S/C23H26F3N5S/c24-23(25,26)16-5-7-17(8-6-16)30-10-9-20-15(14-30)12-28-19-3-1-2-4-21(19)31(20)22-29-13-18(11-27)32-22/h5-8,13,15,19-21,28H,1-4,9-10,12,14H2. The number of nitriles is 1. The molecule has 1 aliphatic carbocycles. The molecule has 2 saturated heterocycles. The molecule has 5 rings (SSSR count). The van der Waals surface area contributed by atoms with Crippen molar-refractivity contribution in [1.29, 1.82) is 5.26 Å². The highest BCUT2D eigenvalue weighted by molar-refractivity contribution is 7.16. The first kappa shape index (κ1) is 21.5. The third kappa shape index (κ3) is 4.06. The van der Waals surface area contributed by atoms with E-state index in [1.807, 2.05) is 0 Å². The average Bonchev–Trinajstić information content (AvgIpc) is 3.21. The third-order valence-electron chi connectivity index (χ3n) is 7.16. The van der Waals surface area contributed by atoms with Crippen molar-refractivity contribution in [3.8, 4) is 6.07 Å². The van der Waals surface area contributed by atoms with Crippen LogP contribution in [0.1, 0.15) is 42.5 Å². The van der Waals surface area contributed by atoms with Gasteiger partial charge in [-0.3, -0.25) is 0 Å². The van der Waals surface area contributed by atoms with E-state index in [0.29, 0.717) is 28.9 Å². The minimum Gasteiger partial charge on any atom is -0.371 e. The molecule has 3 heterocycles. The highest BCUT2D eigenvalue weighted by Crippen LogP contribution is 2.39. The van der Waals surface area contributed by atoms with Gasteiger partial charge in [0.25, 0.3) is 0 Å². The van der Waals surface area contributed by atoms with Crippen molar-refractivity contribution in [2.24, 2.45) is 5.92 Å². The van der Waals surface area contributed by atoms with Crippen molar-refractivity contribution < 1.29 is 13.2 Å². The Bertz CT molecular complexity index is 983.